The van der Waals surface area contributed by atoms with E-state index in [4.69, 9.17) is 11.6 Å². The minimum Gasteiger partial charge on any atom is -0.299 e. The molecule has 0 aliphatic rings. The van der Waals surface area contributed by atoms with Crippen LogP contribution < -0.4 is 9.62 Å². The molecule has 0 saturated heterocycles. The van der Waals surface area contributed by atoms with Gasteiger partial charge in [-0.15, -0.1) is 10.2 Å². The maximum absolute atomic E-state index is 13.5. The minimum absolute atomic E-state index is 0.0874. The zero-order chi connectivity index (χ0) is 23.3. The fourth-order valence-corrected chi connectivity index (χ4v) is 6.12. The van der Waals surface area contributed by atoms with Gasteiger partial charge in [0, 0.05) is 10.8 Å². The van der Waals surface area contributed by atoms with Crippen molar-refractivity contribution in [3.05, 3.63) is 58.6 Å². The van der Waals surface area contributed by atoms with Gasteiger partial charge >= 0.3 is 0 Å². The Morgan fingerprint density at radius 3 is 2.56 bits per heavy atom. The van der Waals surface area contributed by atoms with Crippen molar-refractivity contribution in [2.24, 2.45) is 0 Å². The molecule has 0 radical (unpaired) electrons. The molecule has 0 atom stereocenters. The van der Waals surface area contributed by atoms with E-state index in [1.165, 1.54) is 23.5 Å². The predicted molar refractivity (Wildman–Crippen MR) is 131 cm³/mol. The number of carbonyl (C=O) groups excluding carboxylic acids is 1. The van der Waals surface area contributed by atoms with Crippen molar-refractivity contribution in [1.29, 1.82) is 0 Å². The van der Waals surface area contributed by atoms with Crippen LogP contribution in [0.4, 0.5) is 10.8 Å². The summed E-state index contributed by atoms with van der Waals surface area (Å²) in [5.74, 6) is 0.377. The van der Waals surface area contributed by atoms with Gasteiger partial charge in [-0.05, 0) is 50.1 Å². The zero-order valence-electron chi connectivity index (χ0n) is 17.8. The fraction of sp³-hybridized carbons (Fsp3) is 0.286. The van der Waals surface area contributed by atoms with E-state index in [0.717, 1.165) is 26.4 Å². The summed E-state index contributed by atoms with van der Waals surface area (Å²) in [5.41, 5.74) is 1.94. The molecule has 0 aliphatic carbocycles. The SMILES string of the molecule is CCCSc1nnc(NC(=O)CN(c2cc(Cl)ccc2C)S(=O)(=O)c2ccc(C)cc2)s1. The molecule has 0 fully saturated rings. The van der Waals surface area contributed by atoms with Crippen LogP contribution in [-0.2, 0) is 14.8 Å². The van der Waals surface area contributed by atoms with Crippen LogP contribution >= 0.6 is 34.7 Å². The number of hydrogen-bond donors (Lipinski definition) is 1. The first kappa shape index (κ1) is 24.5. The average molecular weight is 511 g/mol. The number of nitrogens with one attached hydrogen (secondary N) is 1. The molecule has 3 rings (SSSR count). The van der Waals surface area contributed by atoms with Gasteiger partial charge in [0.15, 0.2) is 4.34 Å². The van der Waals surface area contributed by atoms with Crippen molar-refractivity contribution in [3.63, 3.8) is 0 Å². The average Bonchev–Trinajstić information content (AvgIpc) is 3.19. The molecule has 2 aromatic carbocycles. The number of thioether (sulfide) groups is 1. The Kier molecular flexibility index (Phi) is 8.16. The first-order valence-corrected chi connectivity index (χ1v) is 13.4. The molecule has 170 valence electrons. The summed E-state index contributed by atoms with van der Waals surface area (Å²) >= 11 is 8.96. The van der Waals surface area contributed by atoms with Crippen molar-refractivity contribution in [2.45, 2.75) is 36.4 Å². The van der Waals surface area contributed by atoms with Gasteiger partial charge < -0.3 is 0 Å². The van der Waals surface area contributed by atoms with E-state index in [9.17, 15) is 13.2 Å². The second-order valence-electron chi connectivity index (χ2n) is 7.03. The third-order valence-corrected chi connectivity index (χ3v) is 8.61. The number of nitrogens with zero attached hydrogens (tertiary/aromatic N) is 3. The summed E-state index contributed by atoms with van der Waals surface area (Å²) in [6, 6.07) is 11.4. The van der Waals surface area contributed by atoms with Crippen molar-refractivity contribution in [2.75, 3.05) is 21.9 Å². The molecule has 3 aromatic rings. The quantitative estimate of drug-likeness (QED) is 0.316. The van der Waals surface area contributed by atoms with Crippen LogP contribution in [-0.4, -0.2) is 36.8 Å². The molecule has 0 bridgehead atoms. The number of sulfonamides is 1. The molecule has 0 unspecified atom stereocenters. The molecular weight excluding hydrogens is 488 g/mol. The molecule has 1 N–H and O–H groups in total. The Balaban J connectivity index is 1.90. The highest BCUT2D eigenvalue weighted by Crippen LogP contribution is 2.30. The largest absolute Gasteiger partial charge is 0.299 e. The summed E-state index contributed by atoms with van der Waals surface area (Å²) in [7, 11) is -4.03. The van der Waals surface area contributed by atoms with Gasteiger partial charge in [-0.3, -0.25) is 14.4 Å². The second-order valence-corrected chi connectivity index (χ2v) is 11.6. The van der Waals surface area contributed by atoms with Crippen molar-refractivity contribution < 1.29 is 13.2 Å². The van der Waals surface area contributed by atoms with E-state index >= 15 is 0 Å². The number of carbonyl (C=O) groups is 1. The van der Waals surface area contributed by atoms with Crippen LogP contribution in [0.3, 0.4) is 0 Å². The summed E-state index contributed by atoms with van der Waals surface area (Å²) < 4.78 is 28.8. The maximum atomic E-state index is 13.5. The van der Waals surface area contributed by atoms with Crippen LogP contribution in [0.5, 0.6) is 0 Å². The molecule has 0 saturated carbocycles. The first-order valence-electron chi connectivity index (χ1n) is 9.82. The van der Waals surface area contributed by atoms with Crippen LogP contribution in [0.2, 0.25) is 5.02 Å². The first-order chi connectivity index (χ1) is 15.2. The smallest absolute Gasteiger partial charge is 0.264 e. The molecule has 1 amide bonds. The molecule has 11 heteroatoms. The van der Waals surface area contributed by atoms with E-state index in [-0.39, 0.29) is 4.90 Å². The van der Waals surface area contributed by atoms with Crippen LogP contribution in [0.15, 0.2) is 51.7 Å². The summed E-state index contributed by atoms with van der Waals surface area (Å²) in [6.07, 6.45) is 0.997. The van der Waals surface area contributed by atoms with Gasteiger partial charge in [0.2, 0.25) is 11.0 Å². The number of benzene rings is 2. The highest BCUT2D eigenvalue weighted by Gasteiger charge is 2.29. The lowest BCUT2D eigenvalue weighted by Gasteiger charge is -2.25. The normalized spacial score (nSPS) is 11.4. The van der Waals surface area contributed by atoms with E-state index < -0.39 is 22.5 Å². The number of rotatable bonds is 9. The van der Waals surface area contributed by atoms with Gasteiger partial charge in [-0.1, -0.05) is 65.4 Å². The molecule has 32 heavy (non-hydrogen) atoms. The highest BCUT2D eigenvalue weighted by molar-refractivity contribution is 8.01. The second kappa shape index (κ2) is 10.7. The third-order valence-electron chi connectivity index (χ3n) is 4.42. The molecule has 0 spiro atoms. The lowest BCUT2D eigenvalue weighted by Crippen LogP contribution is -2.38. The van der Waals surface area contributed by atoms with E-state index in [1.807, 2.05) is 6.92 Å². The standard InChI is InChI=1S/C21H23ClN4O3S3/c1-4-11-30-21-25-24-20(31-21)23-19(27)13-26(18-12-16(22)8-7-15(18)3)32(28,29)17-9-5-14(2)6-10-17/h5-10,12H,4,11,13H2,1-3H3,(H,23,24,27). The minimum atomic E-state index is -4.03. The summed E-state index contributed by atoms with van der Waals surface area (Å²) in [6.45, 7) is 5.27. The lowest BCUT2D eigenvalue weighted by atomic mass is 10.2. The van der Waals surface area contributed by atoms with E-state index in [1.54, 1.807) is 49.0 Å². The van der Waals surface area contributed by atoms with Crippen LogP contribution in [0, 0.1) is 13.8 Å². The number of halogens is 1. The van der Waals surface area contributed by atoms with E-state index in [0.29, 0.717) is 21.4 Å². The van der Waals surface area contributed by atoms with Gasteiger partial charge in [0.1, 0.15) is 6.54 Å². The molecule has 7 nitrogen and oxygen atoms in total. The Bertz CT molecular complexity index is 1200. The van der Waals surface area contributed by atoms with Crippen molar-refractivity contribution >= 4 is 61.4 Å². The fourth-order valence-electron chi connectivity index (χ4n) is 2.79. The van der Waals surface area contributed by atoms with Crippen molar-refractivity contribution in [1.82, 2.24) is 10.2 Å². The number of aryl methyl sites for hydroxylation is 2. The molecule has 0 aliphatic heterocycles. The Morgan fingerprint density at radius 2 is 1.88 bits per heavy atom. The van der Waals surface area contributed by atoms with Gasteiger partial charge in [-0.2, -0.15) is 0 Å². The van der Waals surface area contributed by atoms with Gasteiger partial charge in [0.05, 0.1) is 10.6 Å². The van der Waals surface area contributed by atoms with E-state index in [2.05, 4.69) is 22.4 Å². The predicted octanol–water partition coefficient (Wildman–Crippen LogP) is 5.14. The topological polar surface area (TPSA) is 92.3 Å². The zero-order valence-corrected chi connectivity index (χ0v) is 21.0. The molecule has 1 heterocycles. The number of anilines is 2. The van der Waals surface area contributed by atoms with Crippen LogP contribution in [0.1, 0.15) is 24.5 Å². The lowest BCUT2D eigenvalue weighted by molar-refractivity contribution is -0.114. The Morgan fingerprint density at radius 1 is 1.16 bits per heavy atom. The summed E-state index contributed by atoms with van der Waals surface area (Å²) in [4.78, 5) is 12.9. The number of hydrogen-bond acceptors (Lipinski definition) is 7. The Labute approximate surface area is 201 Å². The summed E-state index contributed by atoms with van der Waals surface area (Å²) in [5, 5.41) is 11.4. The third kappa shape index (κ3) is 6.00. The van der Waals surface area contributed by atoms with Gasteiger partial charge in [0.25, 0.3) is 10.0 Å². The number of aromatic nitrogens is 2. The number of amides is 1. The van der Waals surface area contributed by atoms with Gasteiger partial charge in [-0.25, -0.2) is 8.42 Å². The van der Waals surface area contributed by atoms with Crippen molar-refractivity contribution in [3.8, 4) is 0 Å². The Hall–Kier alpha value is -2.14. The molecule has 1 aromatic heterocycles. The van der Waals surface area contributed by atoms with Crippen LogP contribution in [0.25, 0.3) is 0 Å². The molecular formula is C21H23ClN4O3S3. The highest BCUT2D eigenvalue weighted by atomic mass is 35.5. The maximum Gasteiger partial charge on any atom is 0.264 e. The monoisotopic (exact) mass is 510 g/mol.